The van der Waals surface area contributed by atoms with Crippen LogP contribution in [0.2, 0.25) is 0 Å². The number of amides is 1. The largest absolute Gasteiger partial charge is 0.440 e. The molecule has 1 N–H and O–H groups in total. The number of ether oxygens (including phenoxy) is 1. The average Bonchev–Trinajstić information content (AvgIpc) is 2.54. The van der Waals surface area contributed by atoms with E-state index in [2.05, 4.69) is 0 Å². The van der Waals surface area contributed by atoms with Crippen LogP contribution in [0, 0.1) is 0 Å². The van der Waals surface area contributed by atoms with Gasteiger partial charge in [-0.25, -0.2) is 17.9 Å². The minimum atomic E-state index is -3.20. The first kappa shape index (κ1) is 16.3. The summed E-state index contributed by atoms with van der Waals surface area (Å²) in [6.07, 6.45) is -1.57. The van der Waals surface area contributed by atoms with Gasteiger partial charge in [-0.05, 0) is 0 Å². The molecule has 6 nitrogen and oxygen atoms in total. The van der Waals surface area contributed by atoms with Crippen LogP contribution in [0.4, 0.5) is 4.79 Å². The summed E-state index contributed by atoms with van der Waals surface area (Å²) in [4.78, 5) is 11.3. The van der Waals surface area contributed by atoms with Gasteiger partial charge < -0.3 is 9.30 Å². The van der Waals surface area contributed by atoms with Crippen molar-refractivity contribution in [2.45, 2.75) is 0 Å². The second-order valence-electron chi connectivity index (χ2n) is 4.34. The lowest BCUT2D eigenvalue weighted by Gasteiger charge is -2.18. The molecular weight excluding hydrogens is 325 g/mol. The monoisotopic (exact) mass is 339 g/mol. The Labute approximate surface area is 129 Å². The lowest BCUT2D eigenvalue weighted by atomic mass is 10.4. The molecule has 0 atom stereocenters. The van der Waals surface area contributed by atoms with Gasteiger partial charge in [-0.3, -0.25) is 0 Å². The van der Waals surface area contributed by atoms with E-state index >= 15 is 0 Å². The first-order valence-electron chi connectivity index (χ1n) is 6.30. The molecule has 22 heavy (non-hydrogen) atoms. The molecule has 1 amide bonds. The van der Waals surface area contributed by atoms with Gasteiger partial charge >= 0.3 is 6.09 Å². The molecule has 0 aliphatic rings. The summed E-state index contributed by atoms with van der Waals surface area (Å²) in [6.45, 7) is 0. The number of rotatable bonds is 5. The molecule has 0 heterocycles. The van der Waals surface area contributed by atoms with E-state index in [0.29, 0.717) is 10.6 Å². The van der Waals surface area contributed by atoms with Crippen LogP contribution in [0.1, 0.15) is 0 Å². The molecule has 0 saturated heterocycles. The second kappa shape index (κ2) is 7.24. The van der Waals surface area contributed by atoms with Gasteiger partial charge in [-0.2, -0.15) is 0 Å². The molecule has 0 unspecified atom stereocenters. The molecule has 116 valence electrons. The zero-order chi connectivity index (χ0) is 16.0. The number of thiol groups is 1. The number of nitrogens with one attached hydrogen (secondary N) is 1. The molecule has 0 saturated carbocycles. The molecule has 0 radical (unpaired) electrons. The van der Waals surface area contributed by atoms with Crippen LogP contribution in [-0.4, -0.2) is 20.9 Å². The molecule has 8 heteroatoms. The van der Waals surface area contributed by atoms with Crippen LogP contribution in [0.15, 0.2) is 60.7 Å². The van der Waals surface area contributed by atoms with Gasteiger partial charge in [0.25, 0.3) is 0 Å². The summed E-state index contributed by atoms with van der Waals surface area (Å²) in [5.74, 6) is 0. The summed E-state index contributed by atoms with van der Waals surface area (Å²) in [7, 11) is -6.31. The number of hydrogen-bond donors (Lipinski definition) is 2. The zero-order valence-electron chi connectivity index (χ0n) is 11.4. The van der Waals surface area contributed by atoms with Crippen molar-refractivity contribution in [2.24, 2.45) is 0 Å². The van der Waals surface area contributed by atoms with E-state index in [9.17, 15) is 17.8 Å². The van der Waals surface area contributed by atoms with Gasteiger partial charge in [0.2, 0.25) is 10.9 Å². The van der Waals surface area contributed by atoms with Crippen LogP contribution in [-0.2, 0) is 20.2 Å². The van der Waals surface area contributed by atoms with E-state index < -0.39 is 30.5 Å². The van der Waals surface area contributed by atoms with Gasteiger partial charge in [-0.15, -0.1) is 0 Å². The van der Waals surface area contributed by atoms with Crippen LogP contribution >= 0.6 is 7.14 Å². The highest BCUT2D eigenvalue weighted by Gasteiger charge is 2.29. The highest BCUT2D eigenvalue weighted by Crippen LogP contribution is 2.43. The normalized spacial score (nSPS) is 11.1. The first-order valence-corrected chi connectivity index (χ1v) is 9.37. The van der Waals surface area contributed by atoms with Gasteiger partial charge in [0.1, 0.15) is 0 Å². The number of hydrogen-bond acceptors (Lipinski definition) is 5. The maximum atomic E-state index is 13.4. The predicted molar refractivity (Wildman–Crippen MR) is 84.6 cm³/mol. The summed E-state index contributed by atoms with van der Waals surface area (Å²) in [5, 5.41) is 1.06. The fourth-order valence-electron chi connectivity index (χ4n) is 1.89. The van der Waals surface area contributed by atoms with Gasteiger partial charge in [-0.1, -0.05) is 60.7 Å². The number of carbonyl (C=O) groups is 1. The van der Waals surface area contributed by atoms with Crippen molar-refractivity contribution in [1.82, 2.24) is 4.72 Å². The number of carbonyl (C=O) groups excluding carboxylic acids is 1. The topological polar surface area (TPSA) is 89.5 Å². The molecule has 0 aromatic heterocycles. The Kier molecular flexibility index (Phi) is 5.35. The Morgan fingerprint density at radius 3 is 1.82 bits per heavy atom. The van der Waals surface area contributed by atoms with Gasteiger partial charge in [0, 0.05) is 10.6 Å². The van der Waals surface area contributed by atoms with E-state index in [1.807, 2.05) is 0 Å². The Balaban J connectivity index is 2.31. The Bertz CT molecular complexity index is 710. The molecule has 0 spiro atoms. The van der Waals surface area contributed by atoms with Crippen molar-refractivity contribution in [1.29, 1.82) is 0 Å². The van der Waals surface area contributed by atoms with Crippen molar-refractivity contribution in [3.63, 3.8) is 0 Å². The van der Waals surface area contributed by atoms with Gasteiger partial charge in [0.05, 0.1) is 0 Å². The molecule has 2 rings (SSSR count). The van der Waals surface area contributed by atoms with E-state index in [4.69, 9.17) is 4.74 Å². The van der Waals surface area contributed by atoms with E-state index in [-0.39, 0.29) is 0 Å². The smallest absolute Gasteiger partial charge is 0.421 e. The maximum absolute atomic E-state index is 13.4. The van der Waals surface area contributed by atoms with Crippen LogP contribution in [0.5, 0.6) is 0 Å². The third-order valence-corrected chi connectivity index (χ3v) is 6.03. The second-order valence-corrected chi connectivity index (χ2v) is 7.85. The predicted octanol–water partition coefficient (Wildman–Crippen LogP) is 1.21. The first-order chi connectivity index (χ1) is 10.5. The van der Waals surface area contributed by atoms with Crippen LogP contribution < -0.4 is 15.3 Å². The molecule has 0 bridgehead atoms. The fourth-order valence-corrected chi connectivity index (χ4v) is 4.31. The van der Waals surface area contributed by atoms with E-state index in [0.717, 1.165) is 0 Å². The lowest BCUT2D eigenvalue weighted by Crippen LogP contribution is -2.26. The van der Waals surface area contributed by atoms with Gasteiger partial charge in [0.15, 0.2) is 13.5 Å². The highest BCUT2D eigenvalue weighted by atomic mass is 32.2. The van der Waals surface area contributed by atoms with Crippen LogP contribution in [0.3, 0.4) is 0 Å². The maximum Gasteiger partial charge on any atom is 0.421 e. The van der Waals surface area contributed by atoms with Crippen molar-refractivity contribution < 1.29 is 22.5 Å². The molecule has 0 aliphatic heterocycles. The summed E-state index contributed by atoms with van der Waals surface area (Å²) in [6, 6.07) is 17.2. The standard InChI is InChI=1S/C14H14NO5PS/c16-14(15-22(18)19)20-11-21(17,12-7-3-1-4-8-12)13-9-5-2-6-10-13/h1-10,22H,11H2,(H,15,16,18,19). The number of benzene rings is 2. The van der Waals surface area contributed by atoms with Crippen molar-refractivity contribution >= 4 is 34.7 Å². The quantitative estimate of drug-likeness (QED) is 0.631. The van der Waals surface area contributed by atoms with Crippen LogP contribution in [0.25, 0.3) is 0 Å². The minimum absolute atomic E-state index is 0.421. The van der Waals surface area contributed by atoms with Crippen molar-refractivity contribution in [3.05, 3.63) is 60.7 Å². The van der Waals surface area contributed by atoms with E-state index in [1.165, 1.54) is 0 Å². The SMILES string of the molecule is O=C(N[SH](=O)=O)OCP(=O)(c1ccccc1)c1ccccc1. The molecule has 0 aliphatic carbocycles. The molecular formula is C14H14NO5PS. The third-order valence-electron chi connectivity index (χ3n) is 2.91. The third kappa shape index (κ3) is 3.96. The molecule has 0 fully saturated rings. The Morgan fingerprint density at radius 1 is 0.955 bits per heavy atom. The van der Waals surface area contributed by atoms with Crippen molar-refractivity contribution in [2.75, 3.05) is 6.35 Å². The Morgan fingerprint density at radius 2 is 1.41 bits per heavy atom. The summed E-state index contributed by atoms with van der Waals surface area (Å²) < 4.78 is 40.6. The van der Waals surface area contributed by atoms with Crippen molar-refractivity contribution in [3.8, 4) is 0 Å². The summed E-state index contributed by atoms with van der Waals surface area (Å²) in [5.41, 5.74) is 0. The fraction of sp³-hybridized carbons (Fsp3) is 0.0714. The zero-order valence-corrected chi connectivity index (χ0v) is 13.2. The average molecular weight is 339 g/mol. The summed E-state index contributed by atoms with van der Waals surface area (Å²) >= 11 is 0. The lowest BCUT2D eigenvalue weighted by molar-refractivity contribution is 0.170. The highest BCUT2D eigenvalue weighted by molar-refractivity contribution is 7.78. The molecule has 2 aromatic rings. The molecule has 2 aromatic carbocycles. The minimum Gasteiger partial charge on any atom is -0.440 e. The van der Waals surface area contributed by atoms with E-state index in [1.54, 1.807) is 65.4 Å². The Hall–Kier alpha value is -2.11.